The molecule has 28 heavy (non-hydrogen) atoms. The SMILES string of the molecule is CC(C)CC(NC(=O)C(CCCCN)NC(=O)C(C)N)C(=O)NC(C)C(=O)O. The lowest BCUT2D eigenvalue weighted by Crippen LogP contribution is -2.56. The third-order valence-electron chi connectivity index (χ3n) is 4.06. The number of nitrogens with one attached hydrogen (secondary N) is 3. The van der Waals surface area contributed by atoms with Crippen LogP contribution in [-0.2, 0) is 19.2 Å². The first kappa shape index (κ1) is 25.8. The molecule has 0 aliphatic rings. The van der Waals surface area contributed by atoms with Crippen LogP contribution >= 0.6 is 0 Å². The van der Waals surface area contributed by atoms with Crippen molar-refractivity contribution < 1.29 is 24.3 Å². The lowest BCUT2D eigenvalue weighted by molar-refractivity contribution is -0.142. The highest BCUT2D eigenvalue weighted by Crippen LogP contribution is 2.08. The third-order valence-corrected chi connectivity index (χ3v) is 4.06. The van der Waals surface area contributed by atoms with Crippen molar-refractivity contribution in [3.63, 3.8) is 0 Å². The molecule has 4 unspecified atom stereocenters. The summed E-state index contributed by atoms with van der Waals surface area (Å²) in [6.07, 6.45) is 1.97. The molecular formula is C18H35N5O5. The number of carboxylic acids is 1. The number of rotatable bonds is 13. The number of carboxylic acid groups (broad SMARTS) is 1. The van der Waals surface area contributed by atoms with Gasteiger partial charge >= 0.3 is 5.97 Å². The standard InChI is InChI=1S/C18H35N5O5/c1-10(2)9-14(17(26)21-12(4)18(27)28)23-16(25)13(7-5-6-8-19)22-15(24)11(3)20/h10-14H,5-9,19-20H2,1-4H3,(H,21,26)(H,22,24)(H,23,25)(H,27,28). The molecule has 0 bridgehead atoms. The first-order valence-corrected chi connectivity index (χ1v) is 9.59. The molecule has 0 aromatic heterocycles. The van der Waals surface area contributed by atoms with Gasteiger partial charge in [0.25, 0.3) is 0 Å². The molecule has 8 N–H and O–H groups in total. The molecule has 0 heterocycles. The van der Waals surface area contributed by atoms with Crippen molar-refractivity contribution >= 4 is 23.7 Å². The number of unbranched alkanes of at least 4 members (excludes halogenated alkanes) is 1. The Hall–Kier alpha value is -2.20. The van der Waals surface area contributed by atoms with E-state index in [1.54, 1.807) is 0 Å². The predicted octanol–water partition coefficient (Wildman–Crippen LogP) is -0.932. The Morgan fingerprint density at radius 2 is 1.39 bits per heavy atom. The first-order chi connectivity index (χ1) is 13.0. The summed E-state index contributed by atoms with van der Waals surface area (Å²) in [6, 6.07) is -3.64. The highest BCUT2D eigenvalue weighted by molar-refractivity contribution is 5.93. The molecular weight excluding hydrogens is 366 g/mol. The summed E-state index contributed by atoms with van der Waals surface area (Å²) in [7, 11) is 0. The van der Waals surface area contributed by atoms with Crippen molar-refractivity contribution in [3.8, 4) is 0 Å². The van der Waals surface area contributed by atoms with Gasteiger partial charge in [-0.25, -0.2) is 0 Å². The molecule has 162 valence electrons. The minimum Gasteiger partial charge on any atom is -0.480 e. The molecule has 0 rings (SSSR count). The van der Waals surface area contributed by atoms with Gasteiger partial charge in [-0.15, -0.1) is 0 Å². The Morgan fingerprint density at radius 3 is 1.86 bits per heavy atom. The van der Waals surface area contributed by atoms with Gasteiger partial charge in [-0.3, -0.25) is 19.2 Å². The second kappa shape index (κ2) is 13.1. The average molecular weight is 402 g/mol. The smallest absolute Gasteiger partial charge is 0.325 e. The van der Waals surface area contributed by atoms with Gasteiger partial charge < -0.3 is 32.5 Å². The zero-order chi connectivity index (χ0) is 21.9. The van der Waals surface area contributed by atoms with Gasteiger partial charge in [-0.2, -0.15) is 0 Å². The second-order valence-corrected chi connectivity index (χ2v) is 7.39. The van der Waals surface area contributed by atoms with Gasteiger partial charge in [-0.05, 0) is 52.0 Å². The molecule has 0 aliphatic carbocycles. The largest absolute Gasteiger partial charge is 0.480 e. The molecule has 0 saturated carbocycles. The monoisotopic (exact) mass is 401 g/mol. The topological polar surface area (TPSA) is 177 Å². The highest BCUT2D eigenvalue weighted by Gasteiger charge is 2.29. The van der Waals surface area contributed by atoms with Crippen LogP contribution in [0.5, 0.6) is 0 Å². The maximum atomic E-state index is 12.7. The van der Waals surface area contributed by atoms with Gasteiger partial charge in [-0.1, -0.05) is 13.8 Å². The summed E-state index contributed by atoms with van der Waals surface area (Å²) in [5, 5.41) is 16.6. The van der Waals surface area contributed by atoms with Crippen LogP contribution in [0.2, 0.25) is 0 Å². The number of carbonyl (C=O) groups is 4. The van der Waals surface area contributed by atoms with E-state index in [1.165, 1.54) is 13.8 Å². The zero-order valence-electron chi connectivity index (χ0n) is 17.2. The maximum absolute atomic E-state index is 12.7. The molecule has 3 amide bonds. The number of hydrogen-bond donors (Lipinski definition) is 6. The molecule has 10 heteroatoms. The van der Waals surface area contributed by atoms with E-state index in [1.807, 2.05) is 13.8 Å². The number of nitrogens with two attached hydrogens (primary N) is 2. The number of aliphatic carboxylic acids is 1. The van der Waals surface area contributed by atoms with Crippen molar-refractivity contribution in [1.29, 1.82) is 0 Å². The van der Waals surface area contributed by atoms with Crippen molar-refractivity contribution in [3.05, 3.63) is 0 Å². The molecule has 0 aromatic rings. The molecule has 0 saturated heterocycles. The molecule has 0 aliphatic heterocycles. The van der Waals surface area contributed by atoms with E-state index in [9.17, 15) is 19.2 Å². The third kappa shape index (κ3) is 10.2. The van der Waals surface area contributed by atoms with E-state index in [0.29, 0.717) is 32.2 Å². The van der Waals surface area contributed by atoms with Crippen LogP contribution < -0.4 is 27.4 Å². The Bertz CT molecular complexity index is 538. The Balaban J connectivity index is 5.22. The number of amides is 3. The van der Waals surface area contributed by atoms with Gasteiger partial charge in [0.1, 0.15) is 18.1 Å². The van der Waals surface area contributed by atoms with Crippen LogP contribution in [0.4, 0.5) is 0 Å². The van der Waals surface area contributed by atoms with E-state index in [4.69, 9.17) is 16.6 Å². The molecule has 4 atom stereocenters. The summed E-state index contributed by atoms with van der Waals surface area (Å²) in [4.78, 5) is 48.0. The lowest BCUT2D eigenvalue weighted by atomic mass is 10.0. The van der Waals surface area contributed by atoms with E-state index in [-0.39, 0.29) is 5.92 Å². The summed E-state index contributed by atoms with van der Waals surface area (Å²) >= 11 is 0. The van der Waals surface area contributed by atoms with Gasteiger partial charge in [0.2, 0.25) is 17.7 Å². The van der Waals surface area contributed by atoms with Gasteiger partial charge in [0.15, 0.2) is 0 Å². The summed E-state index contributed by atoms with van der Waals surface area (Å²) in [5.74, 6) is -2.68. The normalized spacial score (nSPS) is 15.2. The quantitative estimate of drug-likeness (QED) is 0.216. The first-order valence-electron chi connectivity index (χ1n) is 9.59. The van der Waals surface area contributed by atoms with Crippen LogP contribution in [0.3, 0.4) is 0 Å². The number of hydrogen-bond acceptors (Lipinski definition) is 6. The minimum absolute atomic E-state index is 0.0746. The fourth-order valence-corrected chi connectivity index (χ4v) is 2.42. The van der Waals surface area contributed by atoms with Crippen molar-refractivity contribution in [1.82, 2.24) is 16.0 Å². The van der Waals surface area contributed by atoms with E-state index < -0.39 is 47.9 Å². The summed E-state index contributed by atoms with van der Waals surface area (Å²) in [5.41, 5.74) is 11.0. The van der Waals surface area contributed by atoms with E-state index in [2.05, 4.69) is 16.0 Å². The van der Waals surface area contributed by atoms with Crippen molar-refractivity contribution in [2.24, 2.45) is 17.4 Å². The average Bonchev–Trinajstić information content (AvgIpc) is 2.59. The number of carbonyl (C=O) groups excluding carboxylic acids is 3. The predicted molar refractivity (Wildman–Crippen MR) is 105 cm³/mol. The Kier molecular flexibility index (Phi) is 12.0. The second-order valence-electron chi connectivity index (χ2n) is 7.39. The van der Waals surface area contributed by atoms with E-state index in [0.717, 1.165) is 0 Å². The molecule has 10 nitrogen and oxygen atoms in total. The van der Waals surface area contributed by atoms with Crippen LogP contribution in [0, 0.1) is 5.92 Å². The van der Waals surface area contributed by atoms with Crippen molar-refractivity contribution in [2.45, 2.75) is 77.5 Å². The van der Waals surface area contributed by atoms with Crippen LogP contribution in [-0.4, -0.2) is 59.5 Å². The molecule has 0 aromatic carbocycles. The molecule has 0 fully saturated rings. The minimum atomic E-state index is -1.17. The highest BCUT2D eigenvalue weighted by atomic mass is 16.4. The van der Waals surface area contributed by atoms with Crippen LogP contribution in [0.15, 0.2) is 0 Å². The summed E-state index contributed by atoms with van der Waals surface area (Å²) in [6.45, 7) is 7.06. The summed E-state index contributed by atoms with van der Waals surface area (Å²) < 4.78 is 0. The lowest BCUT2D eigenvalue weighted by Gasteiger charge is -2.25. The fraction of sp³-hybridized carbons (Fsp3) is 0.778. The van der Waals surface area contributed by atoms with Gasteiger partial charge in [0.05, 0.1) is 6.04 Å². The fourth-order valence-electron chi connectivity index (χ4n) is 2.42. The maximum Gasteiger partial charge on any atom is 0.325 e. The Morgan fingerprint density at radius 1 is 0.857 bits per heavy atom. The Labute approximate surface area is 166 Å². The van der Waals surface area contributed by atoms with E-state index >= 15 is 0 Å². The van der Waals surface area contributed by atoms with Crippen LogP contribution in [0.1, 0.15) is 53.4 Å². The zero-order valence-corrected chi connectivity index (χ0v) is 17.2. The molecule has 0 spiro atoms. The van der Waals surface area contributed by atoms with Crippen LogP contribution in [0.25, 0.3) is 0 Å². The molecule has 0 radical (unpaired) electrons. The van der Waals surface area contributed by atoms with Crippen molar-refractivity contribution in [2.75, 3.05) is 6.54 Å². The van der Waals surface area contributed by atoms with Gasteiger partial charge in [0, 0.05) is 0 Å².